The van der Waals surface area contributed by atoms with Gasteiger partial charge in [0.2, 0.25) is 0 Å². The van der Waals surface area contributed by atoms with Crippen molar-refractivity contribution in [3.05, 3.63) is 46.2 Å². The number of alkyl halides is 3. The summed E-state index contributed by atoms with van der Waals surface area (Å²) in [6, 6.07) is 7.25. The number of aryl methyl sites for hydroxylation is 1. The summed E-state index contributed by atoms with van der Waals surface area (Å²) in [6.45, 7) is 0.395. The topological polar surface area (TPSA) is 38.1 Å². The van der Waals surface area contributed by atoms with E-state index in [4.69, 9.17) is 11.6 Å². The molecule has 2 heterocycles. The number of amides is 1. The Morgan fingerprint density at radius 1 is 1.32 bits per heavy atom. The molecule has 0 unspecified atom stereocenters. The number of hydrogen-bond acceptors (Lipinski definition) is 2. The van der Waals surface area contributed by atoms with Gasteiger partial charge in [0.25, 0.3) is 5.91 Å². The Labute approximate surface area is 129 Å². The van der Waals surface area contributed by atoms with Gasteiger partial charge in [-0.3, -0.25) is 9.48 Å². The number of aromatic nitrogens is 2. The third kappa shape index (κ3) is 2.25. The molecule has 0 saturated heterocycles. The van der Waals surface area contributed by atoms with E-state index >= 15 is 0 Å². The molecule has 3 rings (SSSR count). The van der Waals surface area contributed by atoms with Gasteiger partial charge in [-0.15, -0.1) is 0 Å². The van der Waals surface area contributed by atoms with E-state index in [0.717, 1.165) is 12.6 Å². The number of hydrogen-bond donors (Lipinski definition) is 0. The third-order valence-corrected chi connectivity index (χ3v) is 3.95. The van der Waals surface area contributed by atoms with Crippen molar-refractivity contribution in [1.82, 2.24) is 9.78 Å². The van der Waals surface area contributed by atoms with Crippen molar-refractivity contribution in [2.75, 3.05) is 11.4 Å². The van der Waals surface area contributed by atoms with E-state index in [1.807, 2.05) is 12.1 Å². The Kier molecular flexibility index (Phi) is 3.40. The van der Waals surface area contributed by atoms with Crippen LogP contribution in [0.5, 0.6) is 0 Å². The lowest BCUT2D eigenvalue weighted by molar-refractivity contribution is -0.143. The van der Waals surface area contributed by atoms with Gasteiger partial charge in [-0.2, -0.15) is 18.3 Å². The summed E-state index contributed by atoms with van der Waals surface area (Å²) in [5.41, 5.74) is 0.153. The summed E-state index contributed by atoms with van der Waals surface area (Å²) in [7, 11) is 1.11. The van der Waals surface area contributed by atoms with Crippen molar-refractivity contribution >= 4 is 23.2 Å². The number of fused-ring (bicyclic) bond motifs is 1. The molecular weight excluding hydrogens is 319 g/mol. The molecule has 4 nitrogen and oxygen atoms in total. The zero-order valence-electron chi connectivity index (χ0n) is 11.5. The Morgan fingerprint density at radius 2 is 2.00 bits per heavy atom. The number of nitrogens with zero attached hydrogens (tertiary/aromatic N) is 3. The molecule has 1 aromatic carbocycles. The number of carbonyl (C=O) groups excluding carboxylic acids is 1. The lowest BCUT2D eigenvalue weighted by Gasteiger charge is -2.16. The number of para-hydroxylation sites is 1. The lowest BCUT2D eigenvalue weighted by Crippen LogP contribution is -2.29. The minimum atomic E-state index is -4.67. The van der Waals surface area contributed by atoms with Gasteiger partial charge in [0.15, 0.2) is 11.4 Å². The molecule has 8 heteroatoms. The average molecular weight is 330 g/mol. The number of benzene rings is 1. The summed E-state index contributed by atoms with van der Waals surface area (Å²) in [5, 5.41) is 3.00. The van der Waals surface area contributed by atoms with E-state index in [2.05, 4.69) is 5.10 Å². The molecule has 0 aliphatic carbocycles. The fourth-order valence-electron chi connectivity index (χ4n) is 2.62. The van der Waals surface area contributed by atoms with Crippen molar-refractivity contribution in [3.8, 4) is 0 Å². The smallest absolute Gasteiger partial charge is 0.306 e. The SMILES string of the molecule is Cn1nc(C(=O)N2CCc3ccccc32)c(Cl)c1C(F)(F)F. The average Bonchev–Trinajstić information content (AvgIpc) is 2.98. The summed E-state index contributed by atoms with van der Waals surface area (Å²) in [4.78, 5) is 13.9. The second kappa shape index (κ2) is 5.01. The van der Waals surface area contributed by atoms with Crippen LogP contribution >= 0.6 is 11.6 Å². The number of halogens is 4. The van der Waals surface area contributed by atoms with E-state index in [0.29, 0.717) is 23.3 Å². The monoisotopic (exact) mass is 329 g/mol. The quantitative estimate of drug-likeness (QED) is 0.805. The minimum absolute atomic E-state index is 0.381. The van der Waals surface area contributed by atoms with Crippen LogP contribution in [0.25, 0.3) is 0 Å². The van der Waals surface area contributed by atoms with Crippen LogP contribution < -0.4 is 4.90 Å². The molecule has 1 aliphatic rings. The molecule has 1 aromatic heterocycles. The normalized spacial score (nSPS) is 14.3. The second-order valence-electron chi connectivity index (χ2n) is 4.97. The summed E-state index contributed by atoms with van der Waals surface area (Å²) in [6.07, 6.45) is -4.02. The summed E-state index contributed by atoms with van der Waals surface area (Å²) in [5.74, 6) is -0.624. The number of rotatable bonds is 1. The van der Waals surface area contributed by atoms with E-state index in [9.17, 15) is 18.0 Å². The molecule has 1 amide bonds. The highest BCUT2D eigenvalue weighted by molar-refractivity contribution is 6.35. The molecule has 0 N–H and O–H groups in total. The van der Waals surface area contributed by atoms with Gasteiger partial charge in [-0.1, -0.05) is 29.8 Å². The maximum absolute atomic E-state index is 12.9. The van der Waals surface area contributed by atoms with Gasteiger partial charge >= 0.3 is 6.18 Å². The fourth-order valence-corrected chi connectivity index (χ4v) is 2.97. The fraction of sp³-hybridized carbons (Fsp3) is 0.286. The minimum Gasteiger partial charge on any atom is -0.306 e. The zero-order valence-corrected chi connectivity index (χ0v) is 12.2. The molecular formula is C14H11ClF3N3O. The van der Waals surface area contributed by atoms with E-state index in [1.165, 1.54) is 4.90 Å². The van der Waals surface area contributed by atoms with Gasteiger partial charge in [0, 0.05) is 19.3 Å². The molecule has 116 valence electrons. The second-order valence-corrected chi connectivity index (χ2v) is 5.35. The largest absolute Gasteiger partial charge is 0.434 e. The Hall–Kier alpha value is -2.02. The Morgan fingerprint density at radius 3 is 2.64 bits per heavy atom. The van der Waals surface area contributed by atoms with Crippen molar-refractivity contribution in [1.29, 1.82) is 0 Å². The molecule has 0 atom stereocenters. The highest BCUT2D eigenvalue weighted by atomic mass is 35.5. The van der Waals surface area contributed by atoms with Gasteiger partial charge in [-0.25, -0.2) is 0 Å². The first-order chi connectivity index (χ1) is 10.3. The highest BCUT2D eigenvalue weighted by Gasteiger charge is 2.41. The van der Waals surface area contributed by atoms with E-state index in [1.54, 1.807) is 12.1 Å². The first-order valence-electron chi connectivity index (χ1n) is 6.50. The first kappa shape index (κ1) is 14.9. The summed E-state index contributed by atoms with van der Waals surface area (Å²) >= 11 is 5.76. The molecule has 0 radical (unpaired) electrons. The van der Waals surface area contributed by atoms with Crippen molar-refractivity contribution < 1.29 is 18.0 Å². The Bertz CT molecular complexity index is 754. The predicted octanol–water partition coefficient (Wildman–Crippen LogP) is 3.30. The van der Waals surface area contributed by atoms with Crippen LogP contribution in [0.15, 0.2) is 24.3 Å². The van der Waals surface area contributed by atoms with Crippen LogP contribution in [0.3, 0.4) is 0 Å². The molecule has 0 bridgehead atoms. The molecule has 0 spiro atoms. The van der Waals surface area contributed by atoms with Crippen LogP contribution in [0.1, 0.15) is 21.7 Å². The van der Waals surface area contributed by atoms with Crippen LogP contribution in [0, 0.1) is 0 Å². The van der Waals surface area contributed by atoms with Crippen LogP contribution in [-0.2, 0) is 19.6 Å². The van der Waals surface area contributed by atoms with Gasteiger partial charge in [-0.05, 0) is 18.1 Å². The van der Waals surface area contributed by atoms with Crippen LogP contribution in [0.4, 0.5) is 18.9 Å². The molecule has 2 aromatic rings. The first-order valence-corrected chi connectivity index (χ1v) is 6.88. The highest BCUT2D eigenvalue weighted by Crippen LogP contribution is 2.37. The molecule has 1 aliphatic heterocycles. The van der Waals surface area contributed by atoms with Gasteiger partial charge in [0.05, 0.1) is 0 Å². The van der Waals surface area contributed by atoms with Gasteiger partial charge in [0.1, 0.15) is 5.02 Å². The molecule has 22 heavy (non-hydrogen) atoms. The molecule has 0 saturated carbocycles. The van der Waals surface area contributed by atoms with E-state index < -0.39 is 22.8 Å². The van der Waals surface area contributed by atoms with Crippen molar-refractivity contribution in [2.24, 2.45) is 7.05 Å². The standard InChI is InChI=1S/C14H11ClF3N3O/c1-20-12(14(16,17)18)10(15)11(19-20)13(22)21-7-6-8-4-2-3-5-9(8)21/h2-5H,6-7H2,1H3. The van der Waals surface area contributed by atoms with Gasteiger partial charge < -0.3 is 4.90 Å². The van der Waals surface area contributed by atoms with Crippen LogP contribution in [0.2, 0.25) is 5.02 Å². The Balaban J connectivity index is 2.02. The zero-order chi connectivity index (χ0) is 16.1. The summed E-state index contributed by atoms with van der Waals surface area (Å²) < 4.78 is 39.4. The number of anilines is 1. The number of carbonyl (C=O) groups is 1. The predicted molar refractivity (Wildman–Crippen MR) is 75.0 cm³/mol. The van der Waals surface area contributed by atoms with Crippen molar-refractivity contribution in [3.63, 3.8) is 0 Å². The molecule has 0 fully saturated rings. The van der Waals surface area contributed by atoms with Crippen molar-refractivity contribution in [2.45, 2.75) is 12.6 Å². The third-order valence-electron chi connectivity index (χ3n) is 3.59. The maximum atomic E-state index is 12.9. The lowest BCUT2D eigenvalue weighted by atomic mass is 10.2. The van der Waals surface area contributed by atoms with Crippen LogP contribution in [-0.4, -0.2) is 22.2 Å². The maximum Gasteiger partial charge on any atom is 0.434 e. The van der Waals surface area contributed by atoms with E-state index in [-0.39, 0.29) is 5.69 Å².